The first-order valence-electron chi connectivity index (χ1n) is 7.10. The Labute approximate surface area is 107 Å². The lowest BCUT2D eigenvalue weighted by Crippen LogP contribution is -2.48. The van der Waals surface area contributed by atoms with Crippen LogP contribution in [0, 0.1) is 5.41 Å². The molecule has 102 valence electrons. The Morgan fingerprint density at radius 3 is 2.41 bits per heavy atom. The lowest BCUT2D eigenvalue weighted by molar-refractivity contribution is 0.0523. The summed E-state index contributed by atoms with van der Waals surface area (Å²) in [7, 11) is 1.78. The molecule has 0 spiro atoms. The van der Waals surface area contributed by atoms with E-state index in [0.29, 0.717) is 11.5 Å². The van der Waals surface area contributed by atoms with E-state index in [1.807, 2.05) is 0 Å². The predicted molar refractivity (Wildman–Crippen MR) is 73.2 cm³/mol. The van der Waals surface area contributed by atoms with Gasteiger partial charge in [-0.2, -0.15) is 0 Å². The zero-order valence-corrected chi connectivity index (χ0v) is 11.9. The third kappa shape index (κ3) is 4.23. The van der Waals surface area contributed by atoms with E-state index < -0.39 is 0 Å². The monoisotopic (exact) mass is 242 g/mol. The highest BCUT2D eigenvalue weighted by molar-refractivity contribution is 4.87. The molecule has 0 aromatic carbocycles. The molecule has 0 bridgehead atoms. The zero-order chi connectivity index (χ0) is 12.7. The van der Waals surface area contributed by atoms with Crippen molar-refractivity contribution in [3.63, 3.8) is 0 Å². The molecule has 1 fully saturated rings. The van der Waals surface area contributed by atoms with Gasteiger partial charge in [-0.3, -0.25) is 4.90 Å². The molecule has 3 heteroatoms. The number of likely N-dealkylation sites (N-methyl/N-ethyl adjacent to an activating group) is 1. The summed E-state index contributed by atoms with van der Waals surface area (Å²) >= 11 is 0. The summed E-state index contributed by atoms with van der Waals surface area (Å²) in [6, 6.07) is 0.496. The molecular formula is C14H30N2O. The third-order valence-electron chi connectivity index (χ3n) is 4.32. The molecule has 0 heterocycles. The summed E-state index contributed by atoms with van der Waals surface area (Å²) in [6.45, 7) is 8.37. The minimum Gasteiger partial charge on any atom is -0.383 e. The fourth-order valence-corrected chi connectivity index (χ4v) is 3.09. The molecule has 3 nitrogen and oxygen atoms in total. The van der Waals surface area contributed by atoms with Crippen LogP contribution in [0.4, 0.5) is 0 Å². The highest BCUT2D eigenvalue weighted by Gasteiger charge is 2.33. The van der Waals surface area contributed by atoms with Gasteiger partial charge >= 0.3 is 0 Å². The van der Waals surface area contributed by atoms with Gasteiger partial charge < -0.3 is 10.5 Å². The second kappa shape index (κ2) is 7.34. The second-order valence-electron chi connectivity index (χ2n) is 5.63. The quantitative estimate of drug-likeness (QED) is 0.744. The van der Waals surface area contributed by atoms with Gasteiger partial charge in [0, 0.05) is 19.7 Å². The molecule has 1 unspecified atom stereocenters. The molecule has 1 rings (SSSR count). The maximum absolute atomic E-state index is 6.06. The van der Waals surface area contributed by atoms with Gasteiger partial charge in [-0.15, -0.1) is 0 Å². The van der Waals surface area contributed by atoms with Crippen LogP contribution < -0.4 is 5.73 Å². The molecule has 0 aromatic heterocycles. The first-order valence-corrected chi connectivity index (χ1v) is 7.10. The van der Waals surface area contributed by atoms with E-state index in [-0.39, 0.29) is 0 Å². The van der Waals surface area contributed by atoms with Crippen LogP contribution in [-0.4, -0.2) is 44.3 Å². The van der Waals surface area contributed by atoms with Gasteiger partial charge in [0.25, 0.3) is 0 Å². The molecule has 0 aliphatic heterocycles. The predicted octanol–water partition coefficient (Wildman–Crippen LogP) is 2.25. The molecule has 17 heavy (non-hydrogen) atoms. The normalized spacial score (nSPS) is 21.7. The van der Waals surface area contributed by atoms with Crippen molar-refractivity contribution in [1.29, 1.82) is 0 Å². The number of rotatable bonds is 7. The molecule has 1 aliphatic carbocycles. The average Bonchev–Trinajstić information content (AvgIpc) is 2.37. The number of hydrogen-bond donors (Lipinski definition) is 1. The van der Waals surface area contributed by atoms with Crippen LogP contribution in [0.5, 0.6) is 0 Å². The largest absolute Gasteiger partial charge is 0.383 e. The van der Waals surface area contributed by atoms with Crippen LogP contribution in [0.25, 0.3) is 0 Å². The van der Waals surface area contributed by atoms with Gasteiger partial charge in [0.15, 0.2) is 0 Å². The maximum Gasteiger partial charge on any atom is 0.0615 e. The van der Waals surface area contributed by atoms with Crippen LogP contribution in [0.3, 0.4) is 0 Å². The Morgan fingerprint density at radius 1 is 1.29 bits per heavy atom. The topological polar surface area (TPSA) is 38.5 Å². The highest BCUT2D eigenvalue weighted by atomic mass is 16.5. The summed E-state index contributed by atoms with van der Waals surface area (Å²) in [6.07, 6.45) is 6.71. The van der Waals surface area contributed by atoms with Gasteiger partial charge in [0.1, 0.15) is 0 Å². The van der Waals surface area contributed by atoms with E-state index in [4.69, 9.17) is 10.5 Å². The number of nitrogens with zero attached hydrogens (tertiary/aromatic N) is 1. The van der Waals surface area contributed by atoms with Crippen LogP contribution in [0.15, 0.2) is 0 Å². The van der Waals surface area contributed by atoms with Gasteiger partial charge in [0.2, 0.25) is 0 Å². The fraction of sp³-hybridized carbons (Fsp3) is 1.00. The van der Waals surface area contributed by atoms with Crippen LogP contribution in [0.1, 0.15) is 46.0 Å². The van der Waals surface area contributed by atoms with Crippen molar-refractivity contribution >= 4 is 0 Å². The Kier molecular flexibility index (Phi) is 6.45. The number of methoxy groups -OCH3 is 1. The third-order valence-corrected chi connectivity index (χ3v) is 4.32. The lowest BCUT2D eigenvalue weighted by Gasteiger charge is -2.42. The Morgan fingerprint density at radius 2 is 1.94 bits per heavy atom. The number of hydrogen-bond acceptors (Lipinski definition) is 3. The van der Waals surface area contributed by atoms with Crippen molar-refractivity contribution in [2.45, 2.75) is 52.0 Å². The lowest BCUT2D eigenvalue weighted by atomic mass is 9.73. The second-order valence-corrected chi connectivity index (χ2v) is 5.63. The molecule has 0 amide bonds. The summed E-state index contributed by atoms with van der Waals surface area (Å²) in [4.78, 5) is 2.53. The van der Waals surface area contributed by atoms with E-state index in [2.05, 4.69) is 18.7 Å². The SMILES string of the molecule is CCN(CC1(CN)CCCCC1)C(C)COC. The van der Waals surface area contributed by atoms with Crippen LogP contribution >= 0.6 is 0 Å². The molecule has 0 radical (unpaired) electrons. The van der Waals surface area contributed by atoms with Crippen molar-refractivity contribution < 1.29 is 4.74 Å². The minimum atomic E-state index is 0.371. The molecule has 0 aromatic rings. The van der Waals surface area contributed by atoms with Crippen LogP contribution in [-0.2, 0) is 4.74 Å². The van der Waals surface area contributed by atoms with Gasteiger partial charge in [-0.05, 0) is 38.3 Å². The molecule has 1 aliphatic rings. The number of nitrogens with two attached hydrogens (primary N) is 1. The van der Waals surface area contributed by atoms with Crippen molar-refractivity contribution in [3.8, 4) is 0 Å². The Bertz CT molecular complexity index is 202. The van der Waals surface area contributed by atoms with Crippen molar-refractivity contribution in [2.24, 2.45) is 11.1 Å². The van der Waals surface area contributed by atoms with Crippen molar-refractivity contribution in [2.75, 3.05) is 33.4 Å². The molecule has 2 N–H and O–H groups in total. The highest BCUT2D eigenvalue weighted by Crippen LogP contribution is 2.36. The molecule has 1 atom stereocenters. The van der Waals surface area contributed by atoms with E-state index in [0.717, 1.165) is 26.2 Å². The summed E-state index contributed by atoms with van der Waals surface area (Å²) in [5.74, 6) is 0. The Balaban J connectivity index is 2.57. The van der Waals surface area contributed by atoms with E-state index in [1.54, 1.807) is 7.11 Å². The minimum absolute atomic E-state index is 0.371. The van der Waals surface area contributed by atoms with Crippen LogP contribution in [0.2, 0.25) is 0 Å². The fourth-order valence-electron chi connectivity index (χ4n) is 3.09. The van der Waals surface area contributed by atoms with Gasteiger partial charge in [0.05, 0.1) is 6.61 Å². The van der Waals surface area contributed by atoms with E-state index in [1.165, 1.54) is 32.1 Å². The summed E-state index contributed by atoms with van der Waals surface area (Å²) in [5.41, 5.74) is 6.43. The first-order chi connectivity index (χ1) is 8.17. The van der Waals surface area contributed by atoms with Crippen molar-refractivity contribution in [3.05, 3.63) is 0 Å². The standard InChI is InChI=1S/C14H30N2O/c1-4-16(13(2)10-17-3)12-14(11-15)8-6-5-7-9-14/h13H,4-12,15H2,1-3H3. The van der Waals surface area contributed by atoms with Gasteiger partial charge in [-0.1, -0.05) is 26.2 Å². The summed E-state index contributed by atoms with van der Waals surface area (Å²) < 4.78 is 5.27. The first kappa shape index (κ1) is 14.9. The van der Waals surface area contributed by atoms with E-state index >= 15 is 0 Å². The van der Waals surface area contributed by atoms with E-state index in [9.17, 15) is 0 Å². The molecule has 0 saturated heterocycles. The smallest absolute Gasteiger partial charge is 0.0615 e. The maximum atomic E-state index is 6.06. The zero-order valence-electron chi connectivity index (χ0n) is 11.9. The number of ether oxygens (including phenoxy) is 1. The summed E-state index contributed by atoms with van der Waals surface area (Å²) in [5, 5.41) is 0. The average molecular weight is 242 g/mol. The molecule has 1 saturated carbocycles. The van der Waals surface area contributed by atoms with Gasteiger partial charge in [-0.25, -0.2) is 0 Å². The van der Waals surface area contributed by atoms with Crippen molar-refractivity contribution in [1.82, 2.24) is 4.90 Å². The Hall–Kier alpha value is -0.120. The molecular weight excluding hydrogens is 212 g/mol.